The van der Waals surface area contributed by atoms with Crippen molar-refractivity contribution in [1.82, 2.24) is 10.2 Å². The highest BCUT2D eigenvalue weighted by atomic mass is 15.2. The highest BCUT2D eigenvalue weighted by molar-refractivity contribution is 5.99. The number of rotatable bonds is 2. The highest BCUT2D eigenvalue weighted by Crippen LogP contribution is 2.25. The lowest BCUT2D eigenvalue weighted by Gasteiger charge is -2.39. The maximum atomic E-state index is 4.25. The molecule has 17 heavy (non-hydrogen) atoms. The number of hydrogen-bond donors (Lipinski definition) is 1. The molecule has 4 heteroatoms. The summed E-state index contributed by atoms with van der Waals surface area (Å²) in [6, 6.07) is 0.832. The van der Waals surface area contributed by atoms with Crippen molar-refractivity contribution >= 4 is 11.9 Å². The maximum Gasteiger partial charge on any atom is 0.0491 e. The third kappa shape index (κ3) is 2.58. The van der Waals surface area contributed by atoms with Gasteiger partial charge in [0.2, 0.25) is 0 Å². The van der Waals surface area contributed by atoms with Crippen LogP contribution in [0.15, 0.2) is 10.2 Å². The van der Waals surface area contributed by atoms with Gasteiger partial charge in [-0.15, -0.1) is 0 Å². The smallest absolute Gasteiger partial charge is 0.0491 e. The van der Waals surface area contributed by atoms with Gasteiger partial charge in [0.25, 0.3) is 0 Å². The quantitative estimate of drug-likeness (QED) is 0.782. The molecule has 0 spiro atoms. The summed E-state index contributed by atoms with van der Waals surface area (Å²) in [7, 11) is 0. The zero-order valence-electron chi connectivity index (χ0n) is 10.4. The van der Waals surface area contributed by atoms with Crippen molar-refractivity contribution in [3.8, 4) is 0 Å². The van der Waals surface area contributed by atoms with Gasteiger partial charge in [0.15, 0.2) is 0 Å². The Hall–Kier alpha value is -0.740. The zero-order chi connectivity index (χ0) is 11.5. The third-order valence-electron chi connectivity index (χ3n) is 4.39. The Morgan fingerprint density at radius 3 is 2.53 bits per heavy atom. The van der Waals surface area contributed by atoms with Gasteiger partial charge in [-0.3, -0.25) is 0 Å². The van der Waals surface area contributed by atoms with Crippen molar-refractivity contribution in [3.05, 3.63) is 0 Å². The summed E-state index contributed by atoms with van der Waals surface area (Å²) in [4.78, 5) is 2.70. The van der Waals surface area contributed by atoms with Crippen molar-refractivity contribution in [2.24, 2.45) is 16.1 Å². The lowest BCUT2D eigenvalue weighted by atomic mass is 9.89. The zero-order valence-corrected chi connectivity index (χ0v) is 10.4. The van der Waals surface area contributed by atoms with Gasteiger partial charge in [0.1, 0.15) is 0 Å². The summed E-state index contributed by atoms with van der Waals surface area (Å²) in [6.45, 7) is 4.92. The molecule has 0 aromatic carbocycles. The van der Waals surface area contributed by atoms with Gasteiger partial charge in [-0.1, -0.05) is 0 Å². The molecule has 3 heterocycles. The summed E-state index contributed by atoms with van der Waals surface area (Å²) < 4.78 is 0. The van der Waals surface area contributed by atoms with E-state index in [0.29, 0.717) is 5.92 Å². The highest BCUT2D eigenvalue weighted by Gasteiger charge is 2.28. The van der Waals surface area contributed by atoms with Gasteiger partial charge in [-0.25, -0.2) is 0 Å². The van der Waals surface area contributed by atoms with Crippen LogP contribution in [0, 0.1) is 5.92 Å². The molecule has 4 nitrogen and oxygen atoms in total. The predicted molar refractivity (Wildman–Crippen MR) is 70.7 cm³/mol. The first-order chi connectivity index (χ1) is 8.43. The van der Waals surface area contributed by atoms with Crippen LogP contribution in [-0.4, -0.2) is 49.0 Å². The first-order valence-corrected chi connectivity index (χ1v) is 6.96. The molecular formula is C13H22N4. The molecule has 3 aliphatic rings. The number of hydrogen-bond acceptors (Lipinski definition) is 4. The van der Waals surface area contributed by atoms with E-state index >= 15 is 0 Å². The Morgan fingerprint density at radius 2 is 1.88 bits per heavy atom. The normalized spacial score (nSPS) is 28.6. The molecule has 0 atom stereocenters. The first kappa shape index (κ1) is 11.4. The van der Waals surface area contributed by atoms with Crippen molar-refractivity contribution in [2.45, 2.75) is 38.1 Å². The van der Waals surface area contributed by atoms with E-state index in [9.17, 15) is 0 Å². The molecule has 0 saturated carbocycles. The van der Waals surface area contributed by atoms with E-state index in [2.05, 4.69) is 20.4 Å². The maximum absolute atomic E-state index is 4.25. The summed E-state index contributed by atoms with van der Waals surface area (Å²) >= 11 is 0. The Balaban J connectivity index is 1.49. The molecule has 3 aliphatic heterocycles. The minimum Gasteiger partial charge on any atom is -0.317 e. The van der Waals surface area contributed by atoms with Crippen LogP contribution < -0.4 is 5.32 Å². The molecule has 2 saturated heterocycles. The van der Waals surface area contributed by atoms with Gasteiger partial charge in [-0.05, 0) is 51.9 Å². The summed E-state index contributed by atoms with van der Waals surface area (Å²) in [5, 5.41) is 11.7. The van der Waals surface area contributed by atoms with Gasteiger partial charge in [0.05, 0.1) is 0 Å². The number of nitrogens with zero attached hydrogens (tertiary/aromatic N) is 3. The molecular weight excluding hydrogens is 212 g/mol. The Kier molecular flexibility index (Phi) is 3.52. The molecule has 0 radical (unpaired) electrons. The van der Waals surface area contributed by atoms with Crippen LogP contribution in [0.3, 0.4) is 0 Å². The summed E-state index contributed by atoms with van der Waals surface area (Å²) in [6.07, 6.45) is 8.16. The number of nitrogens with one attached hydrogen (secondary N) is 1. The lowest BCUT2D eigenvalue weighted by Crippen LogP contribution is -2.47. The van der Waals surface area contributed by atoms with Crippen LogP contribution >= 0.6 is 0 Å². The van der Waals surface area contributed by atoms with Gasteiger partial charge in [-0.2, -0.15) is 10.2 Å². The number of piperidine rings is 2. The fraction of sp³-hybridized carbons (Fsp3) is 0.846. The van der Waals surface area contributed by atoms with Crippen molar-refractivity contribution < 1.29 is 0 Å². The second-order valence-corrected chi connectivity index (χ2v) is 5.38. The molecule has 3 rings (SSSR count). The molecule has 2 fully saturated rings. The monoisotopic (exact) mass is 234 g/mol. The van der Waals surface area contributed by atoms with E-state index in [-0.39, 0.29) is 0 Å². The molecule has 0 unspecified atom stereocenters. The lowest BCUT2D eigenvalue weighted by molar-refractivity contribution is 0.125. The molecule has 0 amide bonds. The molecule has 0 aromatic heterocycles. The molecule has 0 bridgehead atoms. The van der Waals surface area contributed by atoms with Crippen molar-refractivity contribution in [3.63, 3.8) is 0 Å². The van der Waals surface area contributed by atoms with E-state index in [1.54, 1.807) is 0 Å². The molecule has 94 valence electrons. The van der Waals surface area contributed by atoms with E-state index in [0.717, 1.165) is 12.5 Å². The van der Waals surface area contributed by atoms with E-state index in [1.165, 1.54) is 57.6 Å². The van der Waals surface area contributed by atoms with Crippen LogP contribution in [-0.2, 0) is 0 Å². The predicted octanol–water partition coefficient (Wildman–Crippen LogP) is 1.28. The van der Waals surface area contributed by atoms with E-state index in [4.69, 9.17) is 0 Å². The van der Waals surface area contributed by atoms with E-state index < -0.39 is 0 Å². The average Bonchev–Trinajstić information content (AvgIpc) is 2.94. The summed E-state index contributed by atoms with van der Waals surface area (Å²) in [5.74, 6) is 0.704. The van der Waals surface area contributed by atoms with Crippen LogP contribution in [0.2, 0.25) is 0 Å². The van der Waals surface area contributed by atoms with Crippen LogP contribution in [0.4, 0.5) is 0 Å². The van der Waals surface area contributed by atoms with Crippen LogP contribution in [0.25, 0.3) is 0 Å². The minimum atomic E-state index is 0.704. The third-order valence-corrected chi connectivity index (χ3v) is 4.39. The van der Waals surface area contributed by atoms with Gasteiger partial charge >= 0.3 is 0 Å². The van der Waals surface area contributed by atoms with E-state index in [1.807, 2.05) is 6.21 Å². The van der Waals surface area contributed by atoms with Gasteiger partial charge < -0.3 is 10.2 Å². The fourth-order valence-corrected chi connectivity index (χ4v) is 3.31. The fourth-order valence-electron chi connectivity index (χ4n) is 3.31. The Bertz CT molecular complexity index is 309. The molecule has 1 N–H and O–H groups in total. The second kappa shape index (κ2) is 5.27. The van der Waals surface area contributed by atoms with Crippen molar-refractivity contribution in [2.75, 3.05) is 26.2 Å². The van der Waals surface area contributed by atoms with Crippen molar-refractivity contribution in [1.29, 1.82) is 0 Å². The minimum absolute atomic E-state index is 0.704. The SMILES string of the molecule is C1=NN=C(C2CCN(C3CCNCC3)CC2)C1. The Labute approximate surface area is 103 Å². The topological polar surface area (TPSA) is 40.0 Å². The first-order valence-electron chi connectivity index (χ1n) is 6.96. The molecule has 0 aliphatic carbocycles. The average molecular weight is 234 g/mol. The number of likely N-dealkylation sites (tertiary alicyclic amines) is 1. The van der Waals surface area contributed by atoms with Crippen LogP contribution in [0.1, 0.15) is 32.1 Å². The van der Waals surface area contributed by atoms with Crippen LogP contribution in [0.5, 0.6) is 0 Å². The summed E-state index contributed by atoms with van der Waals surface area (Å²) in [5.41, 5.74) is 1.33. The second-order valence-electron chi connectivity index (χ2n) is 5.38. The molecule has 0 aromatic rings. The Morgan fingerprint density at radius 1 is 1.12 bits per heavy atom. The van der Waals surface area contributed by atoms with Gasteiger partial charge in [0, 0.05) is 30.3 Å². The largest absolute Gasteiger partial charge is 0.317 e. The standard InChI is InChI=1S/C13H22N4/c1-6-14-7-2-12(1)17-9-4-11(5-10-17)13-3-8-15-16-13/h8,11-12,14H,1-7,9-10H2.